The van der Waals surface area contributed by atoms with Gasteiger partial charge in [0.2, 0.25) is 23.6 Å². The predicted octanol–water partition coefficient (Wildman–Crippen LogP) is 2.93. The van der Waals surface area contributed by atoms with Gasteiger partial charge in [0.05, 0.1) is 12.2 Å². The van der Waals surface area contributed by atoms with Crippen molar-refractivity contribution >= 4 is 52.4 Å². The fourth-order valence-electron chi connectivity index (χ4n) is 7.41. The molecule has 0 spiro atoms. The number of halogens is 2. The van der Waals surface area contributed by atoms with E-state index in [0.717, 1.165) is 29.9 Å². The lowest BCUT2D eigenvalue weighted by molar-refractivity contribution is -0.134. The Balaban J connectivity index is 0.801. The van der Waals surface area contributed by atoms with Gasteiger partial charge in [-0.25, -0.2) is 18.3 Å². The number of piperidine rings is 1. The molecule has 3 fully saturated rings. The van der Waals surface area contributed by atoms with Crippen molar-refractivity contribution in [1.82, 2.24) is 35.4 Å². The second-order valence-electron chi connectivity index (χ2n) is 14.2. The van der Waals surface area contributed by atoms with Crippen molar-refractivity contribution in [2.45, 2.75) is 57.0 Å². The summed E-state index contributed by atoms with van der Waals surface area (Å²) in [6, 6.07) is 12.1. The summed E-state index contributed by atoms with van der Waals surface area (Å²) in [5, 5.41) is 15.4. The van der Waals surface area contributed by atoms with Gasteiger partial charge in [-0.2, -0.15) is 5.10 Å². The average Bonchev–Trinajstić information content (AvgIpc) is 3.87. The van der Waals surface area contributed by atoms with E-state index in [0.29, 0.717) is 76.4 Å². The number of nitrogens with one attached hydrogen (secondary N) is 4. The molecule has 2 unspecified atom stereocenters. The lowest BCUT2D eigenvalue weighted by Gasteiger charge is -2.36. The monoisotopic (exact) mass is 770 g/mol. The van der Waals surface area contributed by atoms with Crippen molar-refractivity contribution in [3.05, 3.63) is 83.7 Å². The van der Waals surface area contributed by atoms with Crippen molar-refractivity contribution in [1.29, 1.82) is 0 Å². The normalized spacial score (nSPS) is 18.6. The molecular formula is C39H44F2N10O5. The van der Waals surface area contributed by atoms with Crippen LogP contribution in [0.5, 0.6) is 0 Å². The first-order chi connectivity index (χ1) is 27.1. The maximum absolute atomic E-state index is 14.6. The lowest BCUT2D eigenvalue weighted by atomic mass is 10.0. The van der Waals surface area contributed by atoms with Gasteiger partial charge in [-0.3, -0.25) is 29.3 Å². The average molecular weight is 771 g/mol. The van der Waals surface area contributed by atoms with E-state index in [1.807, 2.05) is 29.2 Å². The van der Waals surface area contributed by atoms with Gasteiger partial charge in [0, 0.05) is 88.2 Å². The van der Waals surface area contributed by atoms with E-state index in [1.165, 1.54) is 16.8 Å². The number of anilines is 3. The number of hydrogen-bond donors (Lipinski definition) is 4. The van der Waals surface area contributed by atoms with Crippen molar-refractivity contribution in [3.63, 3.8) is 0 Å². The summed E-state index contributed by atoms with van der Waals surface area (Å²) in [5.41, 5.74) is 2.65. The van der Waals surface area contributed by atoms with Gasteiger partial charge >= 0.3 is 0 Å². The summed E-state index contributed by atoms with van der Waals surface area (Å²) in [6.07, 6.45) is 5.90. The molecule has 0 bridgehead atoms. The van der Waals surface area contributed by atoms with Crippen LogP contribution in [0.3, 0.4) is 0 Å². The van der Waals surface area contributed by atoms with Crippen LogP contribution < -0.4 is 31.1 Å². The summed E-state index contributed by atoms with van der Waals surface area (Å²) in [5.74, 6) is -1.73. The molecule has 2 aromatic carbocycles. The molecule has 5 amide bonds. The third-order valence-corrected chi connectivity index (χ3v) is 10.4. The van der Waals surface area contributed by atoms with Crippen LogP contribution in [0.1, 0.15) is 66.9 Å². The Morgan fingerprint density at radius 3 is 2.46 bits per heavy atom. The molecule has 3 saturated heterocycles. The molecule has 4 N–H and O–H groups in total. The zero-order valence-electron chi connectivity index (χ0n) is 30.8. The Kier molecular flexibility index (Phi) is 11.7. The Labute approximate surface area is 321 Å². The number of amides is 5. The Hall–Kier alpha value is -6.13. The maximum atomic E-state index is 14.6. The standard InChI is InChI=1S/C39H44F2N10O5/c40-25-4-9-30(41)28(23-25)32-3-1-17-50(32)33-14-18-51-37(46-33)29(24-44-51)38(55)43-16-2-15-42-34(52)12-13-36(54)49-21-19-48(20-22-49)27-7-5-26(6-8-27)45-31-10-11-35(53)47-39(31)56/h4-9,14,18,23-24,31-32,45H,1-3,10-13,15-17,19-22H2,(H,42,52)(H,43,55)(H,47,53,56). The second-order valence-corrected chi connectivity index (χ2v) is 14.2. The van der Waals surface area contributed by atoms with Crippen LogP contribution >= 0.6 is 0 Å². The van der Waals surface area contributed by atoms with E-state index in [-0.39, 0.29) is 66.1 Å². The van der Waals surface area contributed by atoms with Crippen LogP contribution in [-0.4, -0.2) is 101 Å². The molecule has 7 rings (SSSR count). The number of fused-ring (bicyclic) bond motifs is 1. The molecule has 15 nitrogen and oxygen atoms in total. The van der Waals surface area contributed by atoms with Crippen molar-refractivity contribution in [3.8, 4) is 0 Å². The number of nitrogens with zero attached hydrogens (tertiary/aromatic N) is 6. The van der Waals surface area contributed by atoms with Crippen LogP contribution in [0.2, 0.25) is 0 Å². The molecule has 5 heterocycles. The first-order valence-corrected chi connectivity index (χ1v) is 19.0. The van der Waals surface area contributed by atoms with Gasteiger partial charge in [-0.15, -0.1) is 0 Å². The van der Waals surface area contributed by atoms with Crippen molar-refractivity contribution in [2.24, 2.45) is 0 Å². The van der Waals surface area contributed by atoms with Crippen LogP contribution in [0.15, 0.2) is 60.9 Å². The van der Waals surface area contributed by atoms with Gasteiger partial charge in [0.25, 0.3) is 5.91 Å². The number of benzene rings is 2. The Morgan fingerprint density at radius 2 is 1.68 bits per heavy atom. The molecule has 0 radical (unpaired) electrons. The molecule has 3 aliphatic heterocycles. The van der Waals surface area contributed by atoms with Gasteiger partial charge in [-0.05, 0) is 74.2 Å². The molecule has 294 valence electrons. The van der Waals surface area contributed by atoms with E-state index >= 15 is 0 Å². The zero-order valence-corrected chi connectivity index (χ0v) is 30.8. The summed E-state index contributed by atoms with van der Waals surface area (Å²) in [4.78, 5) is 72.4. The third kappa shape index (κ3) is 8.87. The third-order valence-electron chi connectivity index (χ3n) is 10.4. The highest BCUT2D eigenvalue weighted by Gasteiger charge is 2.31. The largest absolute Gasteiger partial charge is 0.374 e. The highest BCUT2D eigenvalue weighted by molar-refractivity contribution is 6.01. The molecular weight excluding hydrogens is 726 g/mol. The molecule has 0 aliphatic carbocycles. The minimum Gasteiger partial charge on any atom is -0.374 e. The van der Waals surface area contributed by atoms with E-state index < -0.39 is 17.7 Å². The van der Waals surface area contributed by atoms with Gasteiger partial charge in [0.1, 0.15) is 29.1 Å². The van der Waals surface area contributed by atoms with Gasteiger partial charge < -0.3 is 30.7 Å². The molecule has 56 heavy (non-hydrogen) atoms. The molecule has 17 heteroatoms. The minimum absolute atomic E-state index is 0.0627. The Bertz CT molecular complexity index is 2100. The first-order valence-electron chi connectivity index (χ1n) is 19.0. The first kappa shape index (κ1) is 38.2. The highest BCUT2D eigenvalue weighted by atomic mass is 19.1. The Morgan fingerprint density at radius 1 is 0.893 bits per heavy atom. The smallest absolute Gasteiger partial charge is 0.256 e. The zero-order chi connectivity index (χ0) is 39.2. The molecule has 2 aromatic heterocycles. The molecule has 0 saturated carbocycles. The van der Waals surface area contributed by atoms with E-state index in [2.05, 4.69) is 36.2 Å². The van der Waals surface area contributed by atoms with E-state index in [9.17, 15) is 32.8 Å². The summed E-state index contributed by atoms with van der Waals surface area (Å²) >= 11 is 0. The van der Waals surface area contributed by atoms with E-state index in [1.54, 1.807) is 17.2 Å². The highest BCUT2D eigenvalue weighted by Crippen LogP contribution is 2.37. The maximum Gasteiger partial charge on any atom is 0.256 e. The SMILES string of the molecule is O=C(CCC(=O)N1CCN(c2ccc(NC3CCC(=O)NC3=O)cc2)CC1)NCCCNC(=O)c1cnn2ccc(N3CCCC3c3cc(F)ccc3F)nc12. The fourth-order valence-corrected chi connectivity index (χ4v) is 7.41. The minimum atomic E-state index is -0.506. The topological polar surface area (TPSA) is 173 Å². The van der Waals surface area contributed by atoms with Gasteiger partial charge in [-0.1, -0.05) is 0 Å². The second kappa shape index (κ2) is 17.1. The number of piperazine rings is 1. The van der Waals surface area contributed by atoms with Crippen LogP contribution in [0.25, 0.3) is 5.65 Å². The number of carbonyl (C=O) groups is 5. The van der Waals surface area contributed by atoms with Crippen LogP contribution in [0.4, 0.5) is 26.0 Å². The molecule has 4 aromatic rings. The van der Waals surface area contributed by atoms with Crippen molar-refractivity contribution in [2.75, 3.05) is 60.9 Å². The summed E-state index contributed by atoms with van der Waals surface area (Å²) in [7, 11) is 0. The quantitative estimate of drug-likeness (QED) is 0.117. The van der Waals surface area contributed by atoms with E-state index in [4.69, 9.17) is 0 Å². The molecule has 2 atom stereocenters. The van der Waals surface area contributed by atoms with Crippen LogP contribution in [0, 0.1) is 11.6 Å². The number of rotatable bonds is 13. The van der Waals surface area contributed by atoms with Crippen molar-refractivity contribution < 1.29 is 32.8 Å². The summed E-state index contributed by atoms with van der Waals surface area (Å²) in [6.45, 7) is 3.56. The molecule has 3 aliphatic rings. The summed E-state index contributed by atoms with van der Waals surface area (Å²) < 4.78 is 30.1. The number of aromatic nitrogens is 3. The number of carbonyl (C=O) groups excluding carboxylic acids is 5. The number of imide groups is 1. The fraction of sp³-hybridized carbons (Fsp3) is 0.410. The van der Waals surface area contributed by atoms with Gasteiger partial charge in [0.15, 0.2) is 5.65 Å². The predicted molar refractivity (Wildman–Crippen MR) is 203 cm³/mol. The lowest BCUT2D eigenvalue weighted by Crippen LogP contribution is -2.49. The van der Waals surface area contributed by atoms with Crippen LogP contribution in [-0.2, 0) is 19.2 Å². The number of hydrogen-bond acceptors (Lipinski definition) is 10.